The third-order valence-electron chi connectivity index (χ3n) is 3.93. The molecule has 0 aliphatic carbocycles. The van der Waals surface area contributed by atoms with Gasteiger partial charge in [0.25, 0.3) is 0 Å². The third-order valence-corrected chi connectivity index (χ3v) is 3.93. The lowest BCUT2D eigenvalue weighted by Crippen LogP contribution is -2.10. The van der Waals surface area contributed by atoms with Crippen molar-refractivity contribution in [1.29, 1.82) is 0 Å². The van der Waals surface area contributed by atoms with Gasteiger partial charge in [-0.1, -0.05) is 69.0 Å². The largest absolute Gasteiger partial charge is 0.478 e. The molecule has 0 aromatic heterocycles. The van der Waals surface area contributed by atoms with Crippen molar-refractivity contribution in [3.8, 4) is 5.75 Å². The molecular formula is C22H30O4. The molecule has 0 saturated heterocycles. The van der Waals surface area contributed by atoms with Crippen LogP contribution in [0.4, 0.5) is 0 Å². The van der Waals surface area contributed by atoms with Crippen molar-refractivity contribution in [2.45, 2.75) is 64.7 Å². The molecule has 0 aliphatic heterocycles. The third kappa shape index (κ3) is 9.82. The van der Waals surface area contributed by atoms with Gasteiger partial charge in [0.15, 0.2) is 0 Å². The zero-order valence-electron chi connectivity index (χ0n) is 15.7. The predicted octanol–water partition coefficient (Wildman–Crippen LogP) is 5.93. The van der Waals surface area contributed by atoms with Crippen LogP contribution in [0.5, 0.6) is 5.75 Å². The summed E-state index contributed by atoms with van der Waals surface area (Å²) in [7, 11) is 0. The molecule has 0 bridgehead atoms. The number of unbranched alkanes of at least 4 members (excludes halogenated alkanes) is 6. The average molecular weight is 358 g/mol. The SMILES string of the molecule is CCC/C=C/C=C\CCCCCCCC(=O)Oc1ccccc1C(=O)O. The molecule has 0 unspecified atom stereocenters. The lowest BCUT2D eigenvalue weighted by atomic mass is 10.1. The fourth-order valence-corrected chi connectivity index (χ4v) is 2.48. The second-order valence-electron chi connectivity index (χ2n) is 6.23. The number of benzene rings is 1. The zero-order chi connectivity index (χ0) is 19.0. The van der Waals surface area contributed by atoms with Gasteiger partial charge in [0.1, 0.15) is 11.3 Å². The van der Waals surface area contributed by atoms with Gasteiger partial charge < -0.3 is 9.84 Å². The second-order valence-corrected chi connectivity index (χ2v) is 6.23. The van der Waals surface area contributed by atoms with Crippen molar-refractivity contribution in [1.82, 2.24) is 0 Å². The van der Waals surface area contributed by atoms with E-state index in [2.05, 4.69) is 31.2 Å². The summed E-state index contributed by atoms with van der Waals surface area (Å²) < 4.78 is 5.17. The number of carbonyl (C=O) groups excluding carboxylic acids is 1. The van der Waals surface area contributed by atoms with Crippen molar-refractivity contribution in [2.75, 3.05) is 0 Å². The molecule has 0 amide bonds. The van der Waals surface area contributed by atoms with E-state index in [4.69, 9.17) is 9.84 Å². The van der Waals surface area contributed by atoms with Crippen LogP contribution >= 0.6 is 0 Å². The maximum absolute atomic E-state index is 11.8. The van der Waals surface area contributed by atoms with E-state index in [1.807, 2.05) is 0 Å². The van der Waals surface area contributed by atoms with Crippen LogP contribution < -0.4 is 4.74 Å². The van der Waals surface area contributed by atoms with Crippen LogP contribution in [0.3, 0.4) is 0 Å². The maximum atomic E-state index is 11.8. The number of rotatable bonds is 13. The summed E-state index contributed by atoms with van der Waals surface area (Å²) in [4.78, 5) is 22.9. The van der Waals surface area contributed by atoms with E-state index >= 15 is 0 Å². The molecule has 1 aromatic carbocycles. The van der Waals surface area contributed by atoms with Crippen LogP contribution in [-0.2, 0) is 4.79 Å². The number of carbonyl (C=O) groups is 2. The molecule has 142 valence electrons. The minimum Gasteiger partial charge on any atom is -0.478 e. The fourth-order valence-electron chi connectivity index (χ4n) is 2.48. The van der Waals surface area contributed by atoms with E-state index in [9.17, 15) is 9.59 Å². The number of carboxylic acids is 1. The van der Waals surface area contributed by atoms with Crippen LogP contribution in [0, 0.1) is 0 Å². The number of ether oxygens (including phenoxy) is 1. The summed E-state index contributed by atoms with van der Waals surface area (Å²) in [5, 5.41) is 9.07. The van der Waals surface area contributed by atoms with E-state index in [0.717, 1.165) is 44.9 Å². The van der Waals surface area contributed by atoms with Gasteiger partial charge in [0.05, 0.1) is 0 Å². The van der Waals surface area contributed by atoms with Crippen molar-refractivity contribution in [3.05, 3.63) is 54.1 Å². The van der Waals surface area contributed by atoms with E-state index in [1.165, 1.54) is 18.6 Å². The first-order chi connectivity index (χ1) is 12.6. The molecule has 0 fully saturated rings. The Kier molecular flexibility index (Phi) is 11.6. The number of allylic oxidation sites excluding steroid dienone is 4. The monoisotopic (exact) mass is 358 g/mol. The predicted molar refractivity (Wildman–Crippen MR) is 105 cm³/mol. The summed E-state index contributed by atoms with van der Waals surface area (Å²) in [6, 6.07) is 6.20. The maximum Gasteiger partial charge on any atom is 0.339 e. The highest BCUT2D eigenvalue weighted by Gasteiger charge is 2.13. The number of esters is 1. The second kappa shape index (κ2) is 13.9. The summed E-state index contributed by atoms with van der Waals surface area (Å²) in [6.07, 6.45) is 17.5. The molecule has 1 aromatic rings. The van der Waals surface area contributed by atoms with E-state index in [1.54, 1.807) is 12.1 Å². The molecule has 0 heterocycles. The summed E-state index contributed by atoms with van der Waals surface area (Å²) in [6.45, 7) is 2.17. The van der Waals surface area contributed by atoms with Crippen molar-refractivity contribution in [3.63, 3.8) is 0 Å². The van der Waals surface area contributed by atoms with Gasteiger partial charge in [0, 0.05) is 6.42 Å². The molecule has 4 nitrogen and oxygen atoms in total. The standard InChI is InChI=1S/C22H30O4/c1-2-3-4-5-6-7-8-9-10-11-12-13-18-21(23)26-20-17-15-14-16-19(20)22(24)25/h4-7,14-17H,2-3,8-13,18H2,1H3,(H,24,25)/b5-4+,7-6-. The first-order valence-corrected chi connectivity index (χ1v) is 9.49. The highest BCUT2D eigenvalue weighted by atomic mass is 16.5. The minimum atomic E-state index is -1.09. The Balaban J connectivity index is 2.10. The van der Waals surface area contributed by atoms with Crippen molar-refractivity contribution >= 4 is 11.9 Å². The Morgan fingerprint density at radius 3 is 2.35 bits per heavy atom. The Bertz CT molecular complexity index is 602. The van der Waals surface area contributed by atoms with Crippen LogP contribution in [-0.4, -0.2) is 17.0 Å². The van der Waals surface area contributed by atoms with E-state index < -0.39 is 5.97 Å². The van der Waals surface area contributed by atoms with Gasteiger partial charge in [-0.2, -0.15) is 0 Å². The molecular weight excluding hydrogens is 328 g/mol. The fraction of sp³-hybridized carbons (Fsp3) is 0.455. The van der Waals surface area contributed by atoms with Crippen LogP contribution in [0.2, 0.25) is 0 Å². The minimum absolute atomic E-state index is 0.0124. The van der Waals surface area contributed by atoms with Crippen LogP contribution in [0.1, 0.15) is 75.1 Å². The van der Waals surface area contributed by atoms with Crippen LogP contribution in [0.25, 0.3) is 0 Å². The topological polar surface area (TPSA) is 63.6 Å². The molecule has 1 rings (SSSR count). The van der Waals surface area contributed by atoms with Gasteiger partial charge >= 0.3 is 11.9 Å². The summed E-state index contributed by atoms with van der Waals surface area (Å²) in [5.74, 6) is -1.35. The van der Waals surface area contributed by atoms with Gasteiger partial charge in [-0.25, -0.2) is 4.79 Å². The molecule has 4 heteroatoms. The normalized spacial score (nSPS) is 11.3. The Morgan fingerprint density at radius 2 is 1.62 bits per heavy atom. The molecule has 0 spiro atoms. The van der Waals surface area contributed by atoms with Crippen LogP contribution in [0.15, 0.2) is 48.6 Å². The van der Waals surface area contributed by atoms with E-state index in [0.29, 0.717) is 6.42 Å². The number of carboxylic acid groups (broad SMARTS) is 1. The summed E-state index contributed by atoms with van der Waals surface area (Å²) >= 11 is 0. The molecule has 0 radical (unpaired) electrons. The smallest absolute Gasteiger partial charge is 0.339 e. The Hall–Kier alpha value is -2.36. The number of hydrogen-bond donors (Lipinski definition) is 1. The molecule has 0 saturated carbocycles. The molecule has 0 atom stereocenters. The average Bonchev–Trinajstić information content (AvgIpc) is 2.63. The Morgan fingerprint density at radius 1 is 0.962 bits per heavy atom. The van der Waals surface area contributed by atoms with Crippen molar-refractivity contribution in [2.24, 2.45) is 0 Å². The van der Waals surface area contributed by atoms with Gasteiger partial charge in [-0.05, 0) is 37.8 Å². The highest BCUT2D eigenvalue weighted by Crippen LogP contribution is 2.19. The zero-order valence-corrected chi connectivity index (χ0v) is 15.7. The van der Waals surface area contributed by atoms with Gasteiger partial charge in [-0.15, -0.1) is 0 Å². The first-order valence-electron chi connectivity index (χ1n) is 9.49. The number of hydrogen-bond acceptors (Lipinski definition) is 3. The van der Waals surface area contributed by atoms with E-state index in [-0.39, 0.29) is 17.3 Å². The quantitative estimate of drug-likeness (QED) is 0.205. The van der Waals surface area contributed by atoms with Gasteiger partial charge in [0.2, 0.25) is 0 Å². The molecule has 1 N–H and O–H groups in total. The van der Waals surface area contributed by atoms with Crippen molar-refractivity contribution < 1.29 is 19.4 Å². The molecule has 26 heavy (non-hydrogen) atoms. The number of aromatic carboxylic acids is 1. The Labute approximate surface area is 156 Å². The highest BCUT2D eigenvalue weighted by molar-refractivity contribution is 5.91. The molecule has 0 aliphatic rings. The van der Waals surface area contributed by atoms with Gasteiger partial charge in [-0.3, -0.25) is 4.79 Å². The number of para-hydroxylation sites is 1. The summed E-state index contributed by atoms with van der Waals surface area (Å²) in [5.41, 5.74) is 0.0124. The lowest BCUT2D eigenvalue weighted by molar-refractivity contribution is -0.134. The lowest BCUT2D eigenvalue weighted by Gasteiger charge is -2.07. The first kappa shape index (κ1) is 21.7.